The lowest BCUT2D eigenvalue weighted by atomic mass is 10.9. The van der Waals surface area contributed by atoms with Crippen LogP contribution in [-0.4, -0.2) is 22.3 Å². The molecule has 1 atom stereocenters. The van der Waals surface area contributed by atoms with E-state index in [0.717, 1.165) is 5.12 Å². The highest BCUT2D eigenvalue weighted by molar-refractivity contribution is 5.69. The van der Waals surface area contributed by atoms with Crippen LogP contribution >= 0.6 is 0 Å². The van der Waals surface area contributed by atoms with Crippen LogP contribution in [0.2, 0.25) is 0 Å². The molecular formula is C5H6N5+. The Balaban J connectivity index is 2.29. The number of aliphatic imine (C=N–C) groups is 1. The molecule has 5 nitrogen and oxygen atoms in total. The van der Waals surface area contributed by atoms with Gasteiger partial charge in [-0.25, -0.2) is 4.98 Å². The highest BCUT2D eigenvalue weighted by Gasteiger charge is 2.07. The average molecular weight is 136 g/mol. The van der Waals surface area contributed by atoms with E-state index in [0.29, 0.717) is 0 Å². The molecule has 1 aliphatic rings. The van der Waals surface area contributed by atoms with Crippen LogP contribution in [0, 0.1) is 0 Å². The fourth-order valence-electron chi connectivity index (χ4n) is 0.754. The molecule has 2 rings (SSSR count). The number of hydrogen-bond acceptors (Lipinski definition) is 3. The van der Waals surface area contributed by atoms with E-state index in [1.54, 1.807) is 23.5 Å². The van der Waals surface area contributed by atoms with E-state index in [9.17, 15) is 0 Å². The van der Waals surface area contributed by atoms with Gasteiger partial charge in [0, 0.05) is 0 Å². The molecule has 0 spiro atoms. The molecule has 2 heterocycles. The van der Waals surface area contributed by atoms with E-state index in [-0.39, 0.29) is 0 Å². The van der Waals surface area contributed by atoms with E-state index >= 15 is 0 Å². The maximum atomic E-state index is 3.97. The second-order valence-corrected chi connectivity index (χ2v) is 1.85. The second-order valence-electron chi connectivity index (χ2n) is 1.85. The first-order valence-corrected chi connectivity index (χ1v) is 2.88. The predicted octanol–water partition coefficient (Wildman–Crippen LogP) is -1.48. The fraction of sp³-hybridized carbons (Fsp3) is 0. The molecule has 1 N–H and O–H groups in total. The van der Waals surface area contributed by atoms with E-state index in [1.165, 1.54) is 6.34 Å². The van der Waals surface area contributed by atoms with E-state index in [4.69, 9.17) is 0 Å². The largest absolute Gasteiger partial charge is 0.242 e. The summed E-state index contributed by atoms with van der Waals surface area (Å²) < 4.78 is 1.80. The number of rotatable bonds is 1. The monoisotopic (exact) mass is 136 g/mol. The van der Waals surface area contributed by atoms with Crippen molar-refractivity contribution < 1.29 is 5.12 Å². The van der Waals surface area contributed by atoms with Gasteiger partial charge in [-0.1, -0.05) is 5.12 Å². The molecule has 50 valence electrons. The van der Waals surface area contributed by atoms with Crippen molar-refractivity contribution in [2.75, 3.05) is 0 Å². The third-order valence-corrected chi connectivity index (χ3v) is 1.22. The molecule has 10 heavy (non-hydrogen) atoms. The molecule has 0 saturated carbocycles. The van der Waals surface area contributed by atoms with E-state index < -0.39 is 0 Å². The first-order chi connectivity index (χ1) is 4.97. The number of aromatic nitrogens is 2. The third kappa shape index (κ3) is 0.725. The van der Waals surface area contributed by atoms with Crippen LogP contribution in [0.5, 0.6) is 0 Å². The smallest absolute Gasteiger partial charge is 0.240 e. The van der Waals surface area contributed by atoms with Crippen molar-refractivity contribution in [2.24, 2.45) is 10.1 Å². The van der Waals surface area contributed by atoms with Gasteiger partial charge in [0.2, 0.25) is 6.34 Å². The number of hydrogen-bond donors (Lipinski definition) is 1. The van der Waals surface area contributed by atoms with Crippen LogP contribution in [0.1, 0.15) is 0 Å². The van der Waals surface area contributed by atoms with Gasteiger partial charge in [0.15, 0.2) is 6.34 Å². The van der Waals surface area contributed by atoms with Crippen LogP contribution in [-0.2, 0) is 0 Å². The number of nitrogens with zero attached hydrogens (tertiary/aromatic N) is 4. The van der Waals surface area contributed by atoms with Crippen molar-refractivity contribution in [1.82, 2.24) is 9.66 Å². The fourth-order valence-corrected chi connectivity index (χ4v) is 0.754. The molecule has 0 aromatic carbocycles. The predicted molar refractivity (Wildman–Crippen MR) is 35.6 cm³/mol. The van der Waals surface area contributed by atoms with Gasteiger partial charge in [-0.2, -0.15) is 9.67 Å². The van der Waals surface area contributed by atoms with Gasteiger partial charge in [-0.05, 0) is 5.10 Å². The molecule has 0 aliphatic carbocycles. The van der Waals surface area contributed by atoms with Crippen molar-refractivity contribution in [3.63, 3.8) is 0 Å². The van der Waals surface area contributed by atoms with Gasteiger partial charge >= 0.3 is 0 Å². The summed E-state index contributed by atoms with van der Waals surface area (Å²) in [6.07, 6.45) is 8.40. The minimum atomic E-state index is 0.803. The minimum Gasteiger partial charge on any atom is -0.240 e. The molecule has 0 saturated heterocycles. The lowest BCUT2D eigenvalue weighted by Crippen LogP contribution is -3.07. The van der Waals surface area contributed by atoms with Gasteiger partial charge in [0.25, 0.3) is 0 Å². The molecule has 0 bridgehead atoms. The van der Waals surface area contributed by atoms with Gasteiger partial charge in [0.05, 0.1) is 12.4 Å². The van der Waals surface area contributed by atoms with Crippen molar-refractivity contribution in [3.05, 3.63) is 18.7 Å². The Morgan fingerprint density at radius 3 is 3.00 bits per heavy atom. The lowest BCUT2D eigenvalue weighted by molar-refractivity contribution is -0.852. The van der Waals surface area contributed by atoms with Crippen LogP contribution in [0.25, 0.3) is 0 Å². The molecule has 5 heteroatoms. The molecular weight excluding hydrogens is 130 g/mol. The third-order valence-electron chi connectivity index (χ3n) is 1.22. The van der Waals surface area contributed by atoms with Crippen molar-refractivity contribution in [3.8, 4) is 0 Å². The average Bonchev–Trinajstić information content (AvgIpc) is 2.59. The summed E-state index contributed by atoms with van der Waals surface area (Å²) in [5, 5.41) is 4.77. The SMILES string of the molecule is C1=NC=N[NH+]1n1ccnc1. The second kappa shape index (κ2) is 2.03. The van der Waals surface area contributed by atoms with Crippen molar-refractivity contribution in [2.45, 2.75) is 0 Å². The van der Waals surface area contributed by atoms with Gasteiger partial charge < -0.3 is 0 Å². The van der Waals surface area contributed by atoms with Crippen molar-refractivity contribution >= 4 is 12.7 Å². The standard InChI is InChI=1S/C5H5N5/c1-2-9(4-6-1)10-5-7-3-8-10/h1-5H/p+1. The summed E-state index contributed by atoms with van der Waals surface area (Å²) in [6.45, 7) is 0. The van der Waals surface area contributed by atoms with Crippen LogP contribution in [0.3, 0.4) is 0 Å². The maximum Gasteiger partial charge on any atom is 0.242 e. The van der Waals surface area contributed by atoms with Crippen LogP contribution < -0.4 is 5.12 Å². The van der Waals surface area contributed by atoms with E-state index in [1.807, 2.05) is 6.20 Å². The summed E-state index contributed by atoms with van der Waals surface area (Å²) in [6, 6.07) is 0. The minimum absolute atomic E-state index is 0.803. The maximum absolute atomic E-state index is 3.97. The molecule has 0 fully saturated rings. The highest BCUT2D eigenvalue weighted by atomic mass is 15.7. The van der Waals surface area contributed by atoms with E-state index in [2.05, 4.69) is 15.1 Å². The summed E-state index contributed by atoms with van der Waals surface area (Å²) in [5.74, 6) is 0. The van der Waals surface area contributed by atoms with Crippen LogP contribution in [0.15, 0.2) is 28.8 Å². The Hall–Kier alpha value is -1.49. The Labute approximate surface area is 57.3 Å². The van der Waals surface area contributed by atoms with Crippen molar-refractivity contribution in [1.29, 1.82) is 0 Å². The zero-order valence-electron chi connectivity index (χ0n) is 5.18. The van der Waals surface area contributed by atoms with Gasteiger partial charge in [-0.15, -0.1) is 0 Å². The zero-order chi connectivity index (χ0) is 6.81. The lowest BCUT2D eigenvalue weighted by Gasteiger charge is -1.99. The topological polar surface area (TPSA) is 47.0 Å². The Morgan fingerprint density at radius 1 is 1.40 bits per heavy atom. The number of nitrogens with one attached hydrogen (secondary N) is 1. The van der Waals surface area contributed by atoms with Gasteiger partial charge in [-0.3, -0.25) is 0 Å². The van der Waals surface area contributed by atoms with Gasteiger partial charge in [0.1, 0.15) is 6.33 Å². The Morgan fingerprint density at radius 2 is 2.40 bits per heavy atom. The summed E-state index contributed by atoms with van der Waals surface area (Å²) >= 11 is 0. The normalized spacial score (nSPS) is 22.2. The molecule has 0 amide bonds. The summed E-state index contributed by atoms with van der Waals surface area (Å²) in [4.78, 5) is 7.69. The number of imidazole rings is 1. The molecule has 1 aromatic rings. The first kappa shape index (κ1) is 5.31. The zero-order valence-corrected chi connectivity index (χ0v) is 5.18. The Bertz CT molecular complexity index is 248. The summed E-state index contributed by atoms with van der Waals surface area (Å²) in [5.41, 5.74) is 0. The molecule has 1 aliphatic heterocycles. The molecule has 0 radical (unpaired) electrons. The summed E-state index contributed by atoms with van der Waals surface area (Å²) in [7, 11) is 0. The highest BCUT2D eigenvalue weighted by Crippen LogP contribution is 1.73. The van der Waals surface area contributed by atoms with Crippen LogP contribution in [0.4, 0.5) is 0 Å². The molecule has 1 unspecified atom stereocenters. The molecule has 1 aromatic heterocycles. The quantitative estimate of drug-likeness (QED) is 0.502. The number of quaternary nitrogens is 1. The first-order valence-electron chi connectivity index (χ1n) is 2.88. The Kier molecular flexibility index (Phi) is 1.08.